The van der Waals surface area contributed by atoms with Crippen molar-refractivity contribution in [2.75, 3.05) is 40.6 Å². The van der Waals surface area contributed by atoms with Gasteiger partial charge in [0.15, 0.2) is 5.43 Å². The van der Waals surface area contributed by atoms with Crippen LogP contribution < -0.4 is 5.43 Å². The van der Waals surface area contributed by atoms with Crippen LogP contribution in [-0.2, 0) is 28.4 Å². The van der Waals surface area contributed by atoms with Crippen LogP contribution in [0.2, 0.25) is 0 Å². The second kappa shape index (κ2) is 12.7. The van der Waals surface area contributed by atoms with Crippen LogP contribution in [0.15, 0.2) is 41.2 Å². The van der Waals surface area contributed by atoms with Crippen molar-refractivity contribution in [3.63, 3.8) is 0 Å². The highest BCUT2D eigenvalue weighted by Crippen LogP contribution is 2.31. The lowest BCUT2D eigenvalue weighted by Gasteiger charge is -2.18. The molecule has 0 saturated heterocycles. The Bertz CT molecular complexity index is 1240. The van der Waals surface area contributed by atoms with Crippen molar-refractivity contribution in [3.05, 3.63) is 57.7 Å². The topological polar surface area (TPSA) is 107 Å². The van der Waals surface area contributed by atoms with Gasteiger partial charge in [0.1, 0.15) is 0 Å². The molecule has 1 heterocycles. The summed E-state index contributed by atoms with van der Waals surface area (Å²) in [5.74, 6) is -1.60. The molecule has 0 saturated carbocycles. The minimum absolute atomic E-state index is 0.0419. The average molecular weight is 505 g/mol. The maximum Gasteiger partial charge on any atom is 0.342 e. The minimum atomic E-state index is -0.912. The van der Waals surface area contributed by atoms with Crippen molar-refractivity contribution in [1.29, 1.82) is 0 Å². The molecule has 0 spiro atoms. The van der Waals surface area contributed by atoms with E-state index in [1.54, 1.807) is 38.1 Å². The van der Waals surface area contributed by atoms with E-state index in [2.05, 4.69) is 0 Å². The normalized spacial score (nSPS) is 13.0. The summed E-state index contributed by atoms with van der Waals surface area (Å²) in [5.41, 5.74) is -0.352. The third-order valence-electron chi connectivity index (χ3n) is 5.00. The Morgan fingerprint density at radius 1 is 0.800 bits per heavy atom. The van der Waals surface area contributed by atoms with Crippen molar-refractivity contribution in [1.82, 2.24) is 0 Å². The van der Waals surface area contributed by atoms with Crippen LogP contribution in [-0.4, -0.2) is 65.2 Å². The summed E-state index contributed by atoms with van der Waals surface area (Å²) in [4.78, 5) is 39.5. The van der Waals surface area contributed by atoms with E-state index in [4.69, 9.17) is 28.4 Å². The number of hydrogen-bond acceptors (Lipinski definition) is 10. The minimum Gasteiger partial charge on any atom is -0.432 e. The monoisotopic (exact) mass is 504 g/mol. The van der Waals surface area contributed by atoms with Gasteiger partial charge in [0, 0.05) is 29.7 Å². The summed E-state index contributed by atoms with van der Waals surface area (Å²) in [5, 5.41) is 0.825. The number of carbonyl (C=O) groups excluding carboxylic acids is 2. The van der Waals surface area contributed by atoms with E-state index in [-0.39, 0.29) is 29.8 Å². The van der Waals surface area contributed by atoms with Crippen molar-refractivity contribution in [3.8, 4) is 0 Å². The van der Waals surface area contributed by atoms with E-state index in [1.165, 1.54) is 37.7 Å². The van der Waals surface area contributed by atoms with Gasteiger partial charge < -0.3 is 28.4 Å². The number of benzene rings is 2. The fourth-order valence-electron chi connectivity index (χ4n) is 3.33. The first-order chi connectivity index (χ1) is 16.9. The smallest absolute Gasteiger partial charge is 0.342 e. The molecule has 3 rings (SSSR count). The number of ether oxygens (including phenoxy) is 6. The first kappa shape index (κ1) is 26.7. The first-order valence-electron chi connectivity index (χ1n) is 11.0. The Hall–Kier alpha value is -2.89. The summed E-state index contributed by atoms with van der Waals surface area (Å²) >= 11 is 1.22. The fourth-order valence-corrected chi connectivity index (χ4v) is 4.53. The second-order valence-corrected chi connectivity index (χ2v) is 8.52. The lowest BCUT2D eigenvalue weighted by atomic mass is 10.0. The largest absolute Gasteiger partial charge is 0.432 e. The molecule has 0 aliphatic carbocycles. The Labute approximate surface area is 206 Å². The van der Waals surface area contributed by atoms with Gasteiger partial charge in [-0.05, 0) is 38.1 Å². The zero-order valence-electron chi connectivity index (χ0n) is 20.0. The number of esters is 2. The zero-order chi connectivity index (χ0) is 25.4. The summed E-state index contributed by atoms with van der Waals surface area (Å²) in [6.45, 7) is 4.20. The Morgan fingerprint density at radius 3 is 2.03 bits per heavy atom. The van der Waals surface area contributed by atoms with Crippen LogP contribution in [0.25, 0.3) is 20.2 Å². The number of rotatable bonds is 12. The van der Waals surface area contributed by atoms with Crippen LogP contribution in [0.1, 0.15) is 34.6 Å². The number of methoxy groups -OCH3 is 2. The average Bonchev–Trinajstić information content (AvgIpc) is 2.83. The fraction of sp³-hybridized carbons (Fsp3) is 0.400. The third-order valence-corrected chi connectivity index (χ3v) is 6.20. The van der Waals surface area contributed by atoms with Gasteiger partial charge in [0.05, 0.1) is 42.3 Å². The van der Waals surface area contributed by atoms with Crippen LogP contribution in [0.4, 0.5) is 0 Å². The highest BCUT2D eigenvalue weighted by atomic mass is 32.1. The van der Waals surface area contributed by atoms with E-state index in [9.17, 15) is 14.4 Å². The molecule has 0 N–H and O–H groups in total. The van der Waals surface area contributed by atoms with Gasteiger partial charge in [-0.3, -0.25) is 4.79 Å². The van der Waals surface area contributed by atoms with E-state index in [0.29, 0.717) is 33.4 Å². The Morgan fingerprint density at radius 2 is 1.40 bits per heavy atom. The van der Waals surface area contributed by atoms with Gasteiger partial charge in [-0.2, -0.15) is 0 Å². The lowest BCUT2D eigenvalue weighted by Crippen LogP contribution is -2.24. The predicted octanol–water partition coefficient (Wildman–Crippen LogP) is 3.75. The van der Waals surface area contributed by atoms with Crippen molar-refractivity contribution in [2.45, 2.75) is 26.4 Å². The van der Waals surface area contributed by atoms with Gasteiger partial charge in [-0.15, -0.1) is 11.3 Å². The summed E-state index contributed by atoms with van der Waals surface area (Å²) < 4.78 is 32.5. The van der Waals surface area contributed by atoms with Crippen LogP contribution in [0.3, 0.4) is 0 Å². The molecule has 0 fully saturated rings. The van der Waals surface area contributed by atoms with E-state index in [1.807, 2.05) is 0 Å². The molecule has 0 aliphatic rings. The molecule has 10 heteroatoms. The molecule has 1 aromatic heterocycles. The van der Waals surface area contributed by atoms with E-state index >= 15 is 0 Å². The number of fused-ring (bicyclic) bond motifs is 2. The van der Waals surface area contributed by atoms with Gasteiger partial charge in [-0.25, -0.2) is 9.59 Å². The third kappa shape index (κ3) is 6.62. The van der Waals surface area contributed by atoms with E-state index in [0.717, 1.165) is 0 Å². The van der Waals surface area contributed by atoms with Crippen LogP contribution in [0, 0.1) is 0 Å². The SMILES string of the molecule is COCCOC(C)OC(=O)c1ccc2c(=O)c3ccccc3sc2c1C(=O)OC(C)OCCOC. The summed E-state index contributed by atoms with van der Waals surface area (Å²) in [7, 11) is 3.06. The Balaban J connectivity index is 2.03. The number of hydrogen-bond donors (Lipinski definition) is 0. The van der Waals surface area contributed by atoms with Crippen LogP contribution in [0.5, 0.6) is 0 Å². The first-order valence-corrected chi connectivity index (χ1v) is 11.8. The summed E-state index contributed by atoms with van der Waals surface area (Å²) in [6, 6.07) is 9.98. The van der Waals surface area contributed by atoms with Crippen molar-refractivity contribution in [2.24, 2.45) is 0 Å². The molecule has 3 aromatic rings. The maximum absolute atomic E-state index is 13.3. The molecule has 2 atom stereocenters. The van der Waals surface area contributed by atoms with Gasteiger partial charge in [0.2, 0.25) is 12.6 Å². The molecule has 188 valence electrons. The van der Waals surface area contributed by atoms with Crippen molar-refractivity contribution >= 4 is 43.4 Å². The standard InChI is InChI=1S/C25H28O9S/c1-15(31-13-11-29-3)33-24(27)18-9-10-19-22(26)17-7-5-6-8-20(17)35-23(19)21(18)25(28)34-16(2)32-14-12-30-4/h5-10,15-16H,11-14H2,1-4H3. The highest BCUT2D eigenvalue weighted by molar-refractivity contribution is 7.25. The Kier molecular flexibility index (Phi) is 9.70. The second-order valence-electron chi connectivity index (χ2n) is 7.47. The van der Waals surface area contributed by atoms with Crippen LogP contribution >= 0.6 is 11.3 Å². The van der Waals surface area contributed by atoms with Gasteiger partial charge >= 0.3 is 11.9 Å². The number of carbonyl (C=O) groups is 2. The van der Waals surface area contributed by atoms with Gasteiger partial charge in [-0.1, -0.05) is 12.1 Å². The van der Waals surface area contributed by atoms with Gasteiger partial charge in [0.25, 0.3) is 0 Å². The maximum atomic E-state index is 13.3. The molecule has 0 radical (unpaired) electrons. The van der Waals surface area contributed by atoms with E-state index < -0.39 is 24.5 Å². The lowest BCUT2D eigenvalue weighted by molar-refractivity contribution is -0.109. The molecule has 0 bridgehead atoms. The molecule has 2 unspecified atom stereocenters. The molecule has 0 aliphatic heterocycles. The summed E-state index contributed by atoms with van der Waals surface area (Å²) in [6.07, 6.45) is -1.80. The molecular weight excluding hydrogens is 476 g/mol. The molecule has 0 amide bonds. The quantitative estimate of drug-likeness (QED) is 0.158. The highest BCUT2D eigenvalue weighted by Gasteiger charge is 2.27. The predicted molar refractivity (Wildman–Crippen MR) is 131 cm³/mol. The zero-order valence-corrected chi connectivity index (χ0v) is 20.8. The molecular formula is C25H28O9S. The molecule has 2 aromatic carbocycles. The molecule has 9 nitrogen and oxygen atoms in total. The van der Waals surface area contributed by atoms with Crippen molar-refractivity contribution < 1.29 is 38.0 Å². The molecule has 35 heavy (non-hydrogen) atoms.